The number of nitrogens with one attached hydrogen (secondary N) is 1. The second-order valence-corrected chi connectivity index (χ2v) is 6.22. The van der Waals surface area contributed by atoms with Crippen molar-refractivity contribution in [1.82, 2.24) is 10.2 Å². The molecule has 1 heterocycles. The van der Waals surface area contributed by atoms with Crippen molar-refractivity contribution in [2.24, 2.45) is 5.92 Å². The molecule has 1 aliphatic heterocycles. The summed E-state index contributed by atoms with van der Waals surface area (Å²) in [6, 6.07) is 6.11. The normalized spacial score (nSPS) is 16.3. The number of carbonyl (C=O) groups is 2. The number of halogens is 3. The van der Waals surface area contributed by atoms with E-state index in [1.165, 1.54) is 12.1 Å². The highest BCUT2D eigenvalue weighted by Crippen LogP contribution is 2.19. The molecule has 0 saturated carbocycles. The molecule has 9 heteroatoms. The molecular formula is C17H21F3N2O4. The molecule has 1 fully saturated rings. The van der Waals surface area contributed by atoms with Crippen LogP contribution in [0.4, 0.5) is 13.2 Å². The number of ether oxygens (including phenoxy) is 1. The van der Waals surface area contributed by atoms with Crippen LogP contribution < -0.4 is 10.1 Å². The monoisotopic (exact) mass is 374 g/mol. The molecule has 0 atom stereocenters. The number of hydrogen-bond acceptors (Lipinski definition) is 4. The highest BCUT2D eigenvalue weighted by Gasteiger charge is 2.28. The zero-order valence-electron chi connectivity index (χ0n) is 14.1. The lowest BCUT2D eigenvalue weighted by atomic mass is 9.97. The Morgan fingerprint density at radius 2 is 1.96 bits per heavy atom. The maximum Gasteiger partial charge on any atom is 0.422 e. The molecule has 2 rings (SSSR count). The van der Waals surface area contributed by atoms with Gasteiger partial charge in [0.25, 0.3) is 0 Å². The van der Waals surface area contributed by atoms with Crippen LogP contribution in [0, 0.1) is 5.92 Å². The molecule has 6 nitrogen and oxygen atoms in total. The van der Waals surface area contributed by atoms with Gasteiger partial charge in [-0.2, -0.15) is 13.2 Å². The van der Waals surface area contributed by atoms with Gasteiger partial charge in [-0.3, -0.25) is 14.5 Å². The van der Waals surface area contributed by atoms with Crippen LogP contribution in [0.15, 0.2) is 24.3 Å². The predicted octanol–water partition coefficient (Wildman–Crippen LogP) is 2.04. The molecule has 0 radical (unpaired) electrons. The maximum atomic E-state index is 12.2. The molecule has 1 aromatic rings. The fourth-order valence-corrected chi connectivity index (χ4v) is 2.71. The van der Waals surface area contributed by atoms with Crippen molar-refractivity contribution < 1.29 is 32.6 Å². The van der Waals surface area contributed by atoms with Gasteiger partial charge in [0.05, 0.1) is 12.5 Å². The first-order chi connectivity index (χ1) is 12.2. The molecule has 0 unspecified atom stereocenters. The van der Waals surface area contributed by atoms with Gasteiger partial charge in [0.15, 0.2) is 6.61 Å². The summed E-state index contributed by atoms with van der Waals surface area (Å²) in [7, 11) is 0. The van der Waals surface area contributed by atoms with E-state index in [4.69, 9.17) is 5.11 Å². The van der Waals surface area contributed by atoms with E-state index in [0.29, 0.717) is 31.5 Å². The topological polar surface area (TPSA) is 78.9 Å². The van der Waals surface area contributed by atoms with Crippen LogP contribution in [0.5, 0.6) is 5.75 Å². The van der Waals surface area contributed by atoms with Gasteiger partial charge in [0.1, 0.15) is 5.75 Å². The fraction of sp³-hybridized carbons (Fsp3) is 0.529. The summed E-state index contributed by atoms with van der Waals surface area (Å²) in [5, 5.41) is 11.7. The molecule has 1 saturated heterocycles. The molecule has 0 spiro atoms. The van der Waals surface area contributed by atoms with Gasteiger partial charge in [0.2, 0.25) is 5.91 Å². The number of aliphatic carboxylic acids is 1. The zero-order chi connectivity index (χ0) is 19.2. The summed E-state index contributed by atoms with van der Waals surface area (Å²) in [4.78, 5) is 24.8. The first kappa shape index (κ1) is 20.0. The molecule has 0 aromatic heterocycles. The highest BCUT2D eigenvalue weighted by atomic mass is 19.4. The van der Waals surface area contributed by atoms with E-state index in [1.54, 1.807) is 12.1 Å². The van der Waals surface area contributed by atoms with Crippen LogP contribution in [0.25, 0.3) is 0 Å². The number of carbonyl (C=O) groups excluding carboxylic acids is 1. The van der Waals surface area contributed by atoms with Crippen LogP contribution in [0.2, 0.25) is 0 Å². The molecule has 0 bridgehead atoms. The maximum absolute atomic E-state index is 12.2. The number of piperidine rings is 1. The Labute approximate surface area is 148 Å². The average molecular weight is 374 g/mol. The molecule has 1 aliphatic rings. The minimum Gasteiger partial charge on any atom is -0.484 e. The van der Waals surface area contributed by atoms with E-state index < -0.39 is 18.8 Å². The quantitative estimate of drug-likeness (QED) is 0.764. The lowest BCUT2D eigenvalue weighted by Crippen LogP contribution is -2.42. The molecule has 0 aliphatic carbocycles. The van der Waals surface area contributed by atoms with Crippen molar-refractivity contribution in [2.45, 2.75) is 25.6 Å². The summed E-state index contributed by atoms with van der Waals surface area (Å²) in [5.74, 6) is -1.29. The standard InChI is InChI=1S/C17H21F3N2O4/c18-17(19,20)11-26-14-3-1-2-12(8-14)9-21-15(23)10-22-6-4-13(5-7-22)16(24)25/h1-3,8,13H,4-7,9-11H2,(H,21,23)(H,24,25). The summed E-state index contributed by atoms with van der Waals surface area (Å²) in [6.07, 6.45) is -3.37. The number of nitrogens with zero attached hydrogens (tertiary/aromatic N) is 1. The van der Waals surface area contributed by atoms with Crippen molar-refractivity contribution in [1.29, 1.82) is 0 Å². The first-order valence-corrected chi connectivity index (χ1v) is 8.23. The predicted molar refractivity (Wildman–Crippen MR) is 86.6 cm³/mol. The van der Waals surface area contributed by atoms with Gasteiger partial charge in [-0.05, 0) is 43.6 Å². The van der Waals surface area contributed by atoms with Gasteiger partial charge < -0.3 is 15.2 Å². The van der Waals surface area contributed by atoms with Crippen LogP contribution in [0.1, 0.15) is 18.4 Å². The van der Waals surface area contributed by atoms with Gasteiger partial charge in [-0.15, -0.1) is 0 Å². The second kappa shape index (κ2) is 8.88. The Balaban J connectivity index is 1.74. The van der Waals surface area contributed by atoms with E-state index in [9.17, 15) is 22.8 Å². The Morgan fingerprint density at radius 1 is 1.27 bits per heavy atom. The molecule has 144 valence electrons. The highest BCUT2D eigenvalue weighted by molar-refractivity contribution is 5.78. The van der Waals surface area contributed by atoms with Gasteiger partial charge >= 0.3 is 12.1 Å². The fourth-order valence-electron chi connectivity index (χ4n) is 2.71. The largest absolute Gasteiger partial charge is 0.484 e. The van der Waals surface area contributed by atoms with E-state index in [0.717, 1.165) is 0 Å². The summed E-state index contributed by atoms with van der Waals surface area (Å²) in [5.41, 5.74) is 0.627. The third-order valence-corrected chi connectivity index (χ3v) is 4.09. The lowest BCUT2D eigenvalue weighted by molar-refractivity contribution is -0.153. The Hall–Kier alpha value is -2.29. The Bertz CT molecular complexity index is 629. The zero-order valence-corrected chi connectivity index (χ0v) is 14.1. The number of rotatable bonds is 7. The number of likely N-dealkylation sites (tertiary alicyclic amines) is 1. The van der Waals surface area contributed by atoms with Crippen molar-refractivity contribution in [3.63, 3.8) is 0 Å². The van der Waals surface area contributed by atoms with Crippen molar-refractivity contribution in [2.75, 3.05) is 26.2 Å². The van der Waals surface area contributed by atoms with Crippen LogP contribution >= 0.6 is 0 Å². The van der Waals surface area contributed by atoms with Gasteiger partial charge in [-0.25, -0.2) is 0 Å². The Morgan fingerprint density at radius 3 is 2.58 bits per heavy atom. The van der Waals surface area contributed by atoms with E-state index >= 15 is 0 Å². The summed E-state index contributed by atoms with van der Waals surface area (Å²) < 4.78 is 41.2. The van der Waals surface area contributed by atoms with Crippen molar-refractivity contribution >= 4 is 11.9 Å². The Kier molecular flexibility index (Phi) is 6.84. The molecular weight excluding hydrogens is 353 g/mol. The van der Waals surface area contributed by atoms with Crippen LogP contribution in [-0.4, -0.2) is 54.3 Å². The van der Waals surface area contributed by atoms with E-state index in [-0.39, 0.29) is 30.7 Å². The van der Waals surface area contributed by atoms with Gasteiger partial charge in [-0.1, -0.05) is 12.1 Å². The molecule has 1 amide bonds. The van der Waals surface area contributed by atoms with E-state index in [2.05, 4.69) is 10.1 Å². The number of alkyl halides is 3. The SMILES string of the molecule is O=C(CN1CCC(C(=O)O)CC1)NCc1cccc(OCC(F)(F)F)c1. The third kappa shape index (κ3) is 6.91. The third-order valence-electron chi connectivity index (χ3n) is 4.09. The number of carboxylic acids is 1. The first-order valence-electron chi connectivity index (χ1n) is 8.23. The minimum absolute atomic E-state index is 0.0878. The number of carboxylic acid groups (broad SMARTS) is 1. The second-order valence-electron chi connectivity index (χ2n) is 6.22. The molecule has 1 aromatic carbocycles. The summed E-state index contributed by atoms with van der Waals surface area (Å²) in [6.45, 7) is 0.0651. The molecule has 26 heavy (non-hydrogen) atoms. The lowest BCUT2D eigenvalue weighted by Gasteiger charge is -2.29. The van der Waals surface area contributed by atoms with Gasteiger partial charge in [0, 0.05) is 6.54 Å². The van der Waals surface area contributed by atoms with Crippen LogP contribution in [-0.2, 0) is 16.1 Å². The number of benzene rings is 1. The van der Waals surface area contributed by atoms with Crippen molar-refractivity contribution in [3.05, 3.63) is 29.8 Å². The molecule has 2 N–H and O–H groups in total. The van der Waals surface area contributed by atoms with Crippen molar-refractivity contribution in [3.8, 4) is 5.75 Å². The number of amides is 1. The van der Waals surface area contributed by atoms with E-state index in [1.807, 2.05) is 4.90 Å². The smallest absolute Gasteiger partial charge is 0.422 e. The average Bonchev–Trinajstić information content (AvgIpc) is 2.58. The van der Waals surface area contributed by atoms with Crippen LogP contribution in [0.3, 0.4) is 0 Å². The number of hydrogen-bond donors (Lipinski definition) is 2. The minimum atomic E-state index is -4.40. The summed E-state index contributed by atoms with van der Waals surface area (Å²) >= 11 is 0.